The molecule has 0 spiro atoms. The van der Waals surface area contributed by atoms with E-state index in [0.717, 1.165) is 24.0 Å². The van der Waals surface area contributed by atoms with Gasteiger partial charge in [0.2, 0.25) is 0 Å². The molecule has 0 saturated heterocycles. The van der Waals surface area contributed by atoms with E-state index in [1.807, 2.05) is 0 Å². The van der Waals surface area contributed by atoms with E-state index in [1.165, 1.54) is 11.1 Å². The molecule has 0 amide bonds. The van der Waals surface area contributed by atoms with Crippen LogP contribution >= 0.6 is 40.7 Å². The molecule has 1 heterocycles. The van der Waals surface area contributed by atoms with E-state index in [1.54, 1.807) is 0 Å². The molecule has 3 N–H and O–H groups in total. The largest absolute Gasteiger partial charge is 0.323 e. The van der Waals surface area contributed by atoms with Gasteiger partial charge in [0.25, 0.3) is 0 Å². The first kappa shape index (κ1) is 15.2. The zero-order valence-corrected chi connectivity index (χ0v) is 11.4. The maximum absolute atomic E-state index is 6.03. The number of rotatable bonds is 0. The molecule has 1 unspecified atom stereocenters. The van der Waals surface area contributed by atoms with Gasteiger partial charge in [0, 0.05) is 17.1 Å². The summed E-state index contributed by atoms with van der Waals surface area (Å²) in [6, 6.07) is 6.51. The van der Waals surface area contributed by atoms with Crippen molar-refractivity contribution in [2.24, 2.45) is 5.73 Å². The Kier molecular flexibility index (Phi) is 6.80. The average Bonchev–Trinajstić information content (AvgIpc) is 2.29. The van der Waals surface area contributed by atoms with Gasteiger partial charge in [-0.05, 0) is 36.2 Å². The van der Waals surface area contributed by atoms with Crippen molar-refractivity contribution in [3.8, 4) is 0 Å². The van der Waals surface area contributed by atoms with Gasteiger partial charge in [-0.3, -0.25) is 0 Å². The lowest BCUT2D eigenvalue weighted by Crippen LogP contribution is -2.25. The Labute approximate surface area is 111 Å². The second-order valence-electron chi connectivity index (χ2n) is 3.40. The lowest BCUT2D eigenvalue weighted by Gasteiger charge is -2.12. The third-order valence-electron chi connectivity index (χ3n) is 2.44. The van der Waals surface area contributed by atoms with Gasteiger partial charge in [-0.1, -0.05) is 22.0 Å². The number of hydrogen-bond acceptors (Lipinski definition) is 2. The van der Waals surface area contributed by atoms with E-state index in [4.69, 9.17) is 5.73 Å². The van der Waals surface area contributed by atoms with Gasteiger partial charge >= 0.3 is 0 Å². The van der Waals surface area contributed by atoms with Crippen LogP contribution in [0, 0.1) is 0 Å². The quantitative estimate of drug-likeness (QED) is 0.772. The summed E-state index contributed by atoms with van der Waals surface area (Å²) in [5.41, 5.74) is 8.68. The molecule has 1 atom stereocenters. The molecule has 0 fully saturated rings. The second kappa shape index (κ2) is 6.71. The molecule has 0 saturated carbocycles. The summed E-state index contributed by atoms with van der Waals surface area (Å²) in [5, 5.41) is 3.32. The molecule has 1 aliphatic heterocycles. The Hall–Kier alpha value is 0.200. The third-order valence-corrected chi connectivity index (χ3v) is 2.94. The van der Waals surface area contributed by atoms with Crippen molar-refractivity contribution < 1.29 is 0 Å². The molecule has 86 valence electrons. The molecule has 1 aromatic carbocycles. The number of nitrogens with two attached hydrogens (primary N) is 1. The molecule has 0 aliphatic carbocycles. The Morgan fingerprint density at radius 3 is 2.80 bits per heavy atom. The Balaban J connectivity index is 0.000000980. The molecule has 2 nitrogen and oxygen atoms in total. The second-order valence-corrected chi connectivity index (χ2v) is 4.32. The van der Waals surface area contributed by atoms with Crippen LogP contribution in [-0.2, 0) is 6.42 Å². The summed E-state index contributed by atoms with van der Waals surface area (Å²) >= 11 is 3.47. The average molecular weight is 314 g/mol. The molecule has 5 heteroatoms. The Morgan fingerprint density at radius 2 is 2.07 bits per heavy atom. The number of hydrogen-bond donors (Lipinski definition) is 2. The highest BCUT2D eigenvalue weighted by molar-refractivity contribution is 9.10. The topological polar surface area (TPSA) is 38.0 Å². The maximum atomic E-state index is 6.03. The van der Waals surface area contributed by atoms with Crippen molar-refractivity contribution >= 4 is 40.7 Å². The van der Waals surface area contributed by atoms with Crippen LogP contribution in [0.15, 0.2) is 22.7 Å². The van der Waals surface area contributed by atoms with Crippen molar-refractivity contribution in [3.63, 3.8) is 0 Å². The normalized spacial score (nSPS) is 19.2. The van der Waals surface area contributed by atoms with Crippen molar-refractivity contribution in [1.82, 2.24) is 5.32 Å². The van der Waals surface area contributed by atoms with Crippen molar-refractivity contribution in [1.29, 1.82) is 0 Å². The van der Waals surface area contributed by atoms with Crippen LogP contribution < -0.4 is 11.1 Å². The number of halogens is 3. The first-order chi connectivity index (χ1) is 6.27. The molecule has 1 aromatic rings. The van der Waals surface area contributed by atoms with Gasteiger partial charge in [-0.15, -0.1) is 24.8 Å². The first-order valence-electron chi connectivity index (χ1n) is 4.52. The van der Waals surface area contributed by atoms with Gasteiger partial charge in [0.05, 0.1) is 0 Å². The molecule has 0 bridgehead atoms. The Bertz CT molecular complexity index is 320. The number of fused-ring (bicyclic) bond motifs is 1. The van der Waals surface area contributed by atoms with Gasteiger partial charge in [-0.2, -0.15) is 0 Å². The van der Waals surface area contributed by atoms with Gasteiger partial charge in [0.15, 0.2) is 0 Å². The maximum Gasteiger partial charge on any atom is 0.0424 e. The minimum atomic E-state index is 0. The minimum absolute atomic E-state index is 0. The summed E-state index contributed by atoms with van der Waals surface area (Å²) < 4.78 is 1.11. The highest BCUT2D eigenvalue weighted by atomic mass is 79.9. The molecule has 0 aromatic heterocycles. The number of benzene rings is 1. The van der Waals surface area contributed by atoms with Crippen LogP contribution in [0.2, 0.25) is 0 Å². The number of nitrogens with one attached hydrogen (secondary N) is 1. The van der Waals surface area contributed by atoms with E-state index >= 15 is 0 Å². The van der Waals surface area contributed by atoms with E-state index in [2.05, 4.69) is 39.4 Å². The van der Waals surface area contributed by atoms with E-state index in [-0.39, 0.29) is 30.9 Å². The van der Waals surface area contributed by atoms with Crippen LogP contribution in [0.3, 0.4) is 0 Å². The highest BCUT2D eigenvalue weighted by Gasteiger charge is 2.14. The standard InChI is InChI=1S/C10H13BrN2.2ClH/c11-8-2-1-7-3-4-13-6-10(12)9(7)5-8;;/h1-2,5,10,13H,3-4,6,12H2;2*1H. The van der Waals surface area contributed by atoms with Crippen LogP contribution in [0.4, 0.5) is 0 Å². The fourth-order valence-corrected chi connectivity index (χ4v) is 2.11. The molecule has 15 heavy (non-hydrogen) atoms. The lowest BCUT2D eigenvalue weighted by molar-refractivity contribution is 0.626. The molecule has 2 rings (SSSR count). The van der Waals surface area contributed by atoms with Crippen molar-refractivity contribution in [2.45, 2.75) is 12.5 Å². The summed E-state index contributed by atoms with van der Waals surface area (Å²) in [5.74, 6) is 0. The predicted molar refractivity (Wildman–Crippen MR) is 72.1 cm³/mol. The lowest BCUT2D eigenvalue weighted by atomic mass is 10.0. The smallest absolute Gasteiger partial charge is 0.0424 e. The monoisotopic (exact) mass is 312 g/mol. The fourth-order valence-electron chi connectivity index (χ4n) is 1.73. The van der Waals surface area contributed by atoms with E-state index in [0.29, 0.717) is 0 Å². The summed E-state index contributed by atoms with van der Waals surface area (Å²) in [7, 11) is 0. The molecule has 0 radical (unpaired) electrons. The zero-order chi connectivity index (χ0) is 9.26. The van der Waals surface area contributed by atoms with E-state index in [9.17, 15) is 0 Å². The summed E-state index contributed by atoms with van der Waals surface area (Å²) in [6.45, 7) is 1.91. The highest BCUT2D eigenvalue weighted by Crippen LogP contribution is 2.23. The SMILES string of the molecule is Cl.Cl.NC1CNCCc2ccc(Br)cc21. The van der Waals surface area contributed by atoms with Crippen LogP contribution in [0.5, 0.6) is 0 Å². The van der Waals surface area contributed by atoms with Gasteiger partial charge < -0.3 is 11.1 Å². The van der Waals surface area contributed by atoms with Gasteiger partial charge in [0.1, 0.15) is 0 Å². The van der Waals surface area contributed by atoms with Crippen molar-refractivity contribution in [2.75, 3.05) is 13.1 Å². The fraction of sp³-hybridized carbons (Fsp3) is 0.400. The molecule has 1 aliphatic rings. The minimum Gasteiger partial charge on any atom is -0.323 e. The zero-order valence-electron chi connectivity index (χ0n) is 8.20. The van der Waals surface area contributed by atoms with Gasteiger partial charge in [-0.25, -0.2) is 0 Å². The van der Waals surface area contributed by atoms with Crippen LogP contribution in [0.1, 0.15) is 17.2 Å². The first-order valence-corrected chi connectivity index (χ1v) is 5.31. The van der Waals surface area contributed by atoms with Crippen molar-refractivity contribution in [3.05, 3.63) is 33.8 Å². The predicted octanol–water partition coefficient (Wildman–Crippen LogP) is 2.44. The molecular weight excluding hydrogens is 299 g/mol. The summed E-state index contributed by atoms with van der Waals surface area (Å²) in [6.07, 6.45) is 1.08. The van der Waals surface area contributed by atoms with E-state index < -0.39 is 0 Å². The molecular formula is C10H15BrCl2N2. The van der Waals surface area contributed by atoms with Crippen LogP contribution in [-0.4, -0.2) is 13.1 Å². The Morgan fingerprint density at radius 1 is 1.33 bits per heavy atom. The third kappa shape index (κ3) is 3.61. The summed E-state index contributed by atoms with van der Waals surface area (Å²) in [4.78, 5) is 0. The van der Waals surface area contributed by atoms with Crippen LogP contribution in [0.25, 0.3) is 0 Å².